The Morgan fingerprint density at radius 3 is 2.39 bits per heavy atom. The van der Waals surface area contributed by atoms with Crippen molar-refractivity contribution in [3.05, 3.63) is 34.4 Å². The van der Waals surface area contributed by atoms with Crippen LogP contribution in [0.2, 0.25) is 0 Å². The summed E-state index contributed by atoms with van der Waals surface area (Å²) >= 11 is 0. The van der Waals surface area contributed by atoms with Crippen LogP contribution >= 0.6 is 0 Å². The lowest BCUT2D eigenvalue weighted by atomic mass is 9.91. The maximum atomic E-state index is 12.4. The average molecular weight is 318 g/mol. The van der Waals surface area contributed by atoms with Crippen LogP contribution in [0.5, 0.6) is 0 Å². The number of urea groups is 1. The largest absolute Gasteiger partial charge is 0.481 e. The molecule has 1 aromatic carbocycles. The van der Waals surface area contributed by atoms with Gasteiger partial charge in [0.05, 0.1) is 5.92 Å². The summed E-state index contributed by atoms with van der Waals surface area (Å²) in [5.41, 5.74) is 4.67. The first-order valence-electron chi connectivity index (χ1n) is 8.10. The molecule has 0 saturated carbocycles. The first-order chi connectivity index (χ1) is 10.8. The summed E-state index contributed by atoms with van der Waals surface area (Å²) in [6.07, 6.45) is 0.634. The molecule has 0 aromatic heterocycles. The fourth-order valence-corrected chi connectivity index (χ4v) is 3.46. The minimum absolute atomic E-state index is 0.179. The van der Waals surface area contributed by atoms with E-state index in [9.17, 15) is 14.7 Å². The van der Waals surface area contributed by atoms with Gasteiger partial charge in [-0.15, -0.1) is 0 Å². The van der Waals surface area contributed by atoms with Gasteiger partial charge in [0, 0.05) is 19.6 Å². The number of hydrogen-bond acceptors (Lipinski definition) is 2. The third kappa shape index (κ3) is 4.24. The van der Waals surface area contributed by atoms with Crippen LogP contribution in [0.25, 0.3) is 0 Å². The summed E-state index contributed by atoms with van der Waals surface area (Å²) in [7, 11) is 0. The van der Waals surface area contributed by atoms with Gasteiger partial charge in [0.1, 0.15) is 0 Å². The van der Waals surface area contributed by atoms with Gasteiger partial charge in [-0.1, -0.05) is 24.6 Å². The number of aliphatic carboxylic acids is 1. The normalized spacial score (nSPS) is 21.1. The van der Waals surface area contributed by atoms with E-state index in [-0.39, 0.29) is 18.5 Å². The van der Waals surface area contributed by atoms with Crippen LogP contribution in [0.4, 0.5) is 4.79 Å². The highest BCUT2D eigenvalue weighted by molar-refractivity contribution is 5.76. The van der Waals surface area contributed by atoms with Gasteiger partial charge in [-0.3, -0.25) is 4.79 Å². The van der Waals surface area contributed by atoms with Crippen molar-refractivity contribution in [3.63, 3.8) is 0 Å². The molecule has 2 unspecified atom stereocenters. The van der Waals surface area contributed by atoms with Crippen LogP contribution in [0, 0.1) is 32.6 Å². The molecule has 0 spiro atoms. The van der Waals surface area contributed by atoms with Crippen LogP contribution in [0.3, 0.4) is 0 Å². The number of carboxylic acids is 1. The van der Waals surface area contributed by atoms with Gasteiger partial charge < -0.3 is 15.3 Å². The predicted molar refractivity (Wildman–Crippen MR) is 89.4 cm³/mol. The third-order valence-corrected chi connectivity index (χ3v) is 4.55. The second-order valence-corrected chi connectivity index (χ2v) is 6.82. The zero-order valence-corrected chi connectivity index (χ0v) is 14.3. The van der Waals surface area contributed by atoms with Crippen molar-refractivity contribution >= 4 is 12.0 Å². The molecule has 126 valence electrons. The summed E-state index contributed by atoms with van der Waals surface area (Å²) in [6.45, 7) is 9.52. The fourth-order valence-electron chi connectivity index (χ4n) is 3.46. The van der Waals surface area contributed by atoms with Crippen molar-refractivity contribution < 1.29 is 14.7 Å². The molecule has 2 rings (SSSR count). The summed E-state index contributed by atoms with van der Waals surface area (Å²) in [5, 5.41) is 12.1. The summed E-state index contributed by atoms with van der Waals surface area (Å²) in [6, 6.07) is 4.04. The number of nitrogens with zero attached hydrogens (tertiary/aromatic N) is 1. The predicted octanol–water partition coefficient (Wildman–Crippen LogP) is 2.86. The van der Waals surface area contributed by atoms with E-state index in [0.29, 0.717) is 19.5 Å². The molecule has 2 N–H and O–H groups in total. The van der Waals surface area contributed by atoms with Gasteiger partial charge in [-0.2, -0.15) is 0 Å². The van der Waals surface area contributed by atoms with E-state index in [1.165, 1.54) is 16.7 Å². The molecule has 0 bridgehead atoms. The van der Waals surface area contributed by atoms with Crippen LogP contribution in [-0.4, -0.2) is 35.1 Å². The van der Waals surface area contributed by atoms with Crippen LogP contribution in [-0.2, 0) is 11.3 Å². The number of aryl methyl sites for hydroxylation is 3. The Morgan fingerprint density at radius 1 is 1.22 bits per heavy atom. The van der Waals surface area contributed by atoms with Crippen molar-refractivity contribution in [2.24, 2.45) is 11.8 Å². The number of carboxylic acid groups (broad SMARTS) is 1. The van der Waals surface area contributed by atoms with E-state index in [0.717, 1.165) is 5.56 Å². The van der Waals surface area contributed by atoms with Gasteiger partial charge in [-0.05, 0) is 49.8 Å². The molecule has 2 amide bonds. The quantitative estimate of drug-likeness (QED) is 0.900. The molecule has 23 heavy (non-hydrogen) atoms. The molecule has 1 aromatic rings. The van der Waals surface area contributed by atoms with E-state index < -0.39 is 11.9 Å². The molecule has 1 saturated heterocycles. The summed E-state index contributed by atoms with van der Waals surface area (Å²) < 4.78 is 0. The Balaban J connectivity index is 2.01. The van der Waals surface area contributed by atoms with Gasteiger partial charge in [0.2, 0.25) is 0 Å². The zero-order chi connectivity index (χ0) is 17.1. The topological polar surface area (TPSA) is 69.6 Å². The maximum absolute atomic E-state index is 12.4. The van der Waals surface area contributed by atoms with E-state index >= 15 is 0 Å². The SMILES string of the molecule is Cc1cc(C)c(CNC(=O)N2CC(C)CC(C(=O)O)C2)c(C)c1. The minimum atomic E-state index is -0.820. The number of amides is 2. The van der Waals surface area contributed by atoms with E-state index in [2.05, 4.69) is 24.4 Å². The lowest BCUT2D eigenvalue weighted by Crippen LogP contribution is -2.49. The van der Waals surface area contributed by atoms with E-state index in [1.807, 2.05) is 20.8 Å². The number of carbonyl (C=O) groups is 2. The zero-order valence-electron chi connectivity index (χ0n) is 14.3. The highest BCUT2D eigenvalue weighted by Crippen LogP contribution is 2.22. The lowest BCUT2D eigenvalue weighted by Gasteiger charge is -2.34. The first-order valence-corrected chi connectivity index (χ1v) is 8.10. The maximum Gasteiger partial charge on any atom is 0.317 e. The Labute approximate surface area is 137 Å². The molecule has 5 nitrogen and oxygen atoms in total. The van der Waals surface area contributed by atoms with Gasteiger partial charge in [-0.25, -0.2) is 4.79 Å². The van der Waals surface area contributed by atoms with Crippen LogP contribution in [0.1, 0.15) is 35.6 Å². The Hall–Kier alpha value is -2.04. The molecule has 0 radical (unpaired) electrons. The highest BCUT2D eigenvalue weighted by Gasteiger charge is 2.31. The standard InChI is InChI=1S/C18H26N2O3/c1-11-5-13(3)16(14(4)6-11)8-19-18(23)20-9-12(2)7-15(10-20)17(21)22/h5-6,12,15H,7-10H2,1-4H3,(H,19,23)(H,21,22). The molecular formula is C18H26N2O3. The van der Waals surface area contributed by atoms with Crippen molar-refractivity contribution in [3.8, 4) is 0 Å². The number of piperidine rings is 1. The molecule has 1 aliphatic heterocycles. The Morgan fingerprint density at radius 2 is 1.83 bits per heavy atom. The molecule has 5 heteroatoms. The monoisotopic (exact) mass is 318 g/mol. The van der Waals surface area contributed by atoms with Crippen molar-refractivity contribution in [1.29, 1.82) is 0 Å². The van der Waals surface area contributed by atoms with Gasteiger partial charge in [0.15, 0.2) is 0 Å². The minimum Gasteiger partial charge on any atom is -0.481 e. The lowest BCUT2D eigenvalue weighted by molar-refractivity contribution is -0.143. The Bertz CT molecular complexity index is 589. The highest BCUT2D eigenvalue weighted by atomic mass is 16.4. The number of benzene rings is 1. The molecule has 1 heterocycles. The molecule has 1 fully saturated rings. The van der Waals surface area contributed by atoms with Gasteiger partial charge >= 0.3 is 12.0 Å². The fraction of sp³-hybridized carbons (Fsp3) is 0.556. The smallest absolute Gasteiger partial charge is 0.317 e. The number of carbonyl (C=O) groups excluding carboxylic acids is 1. The average Bonchev–Trinajstić information content (AvgIpc) is 2.45. The number of likely N-dealkylation sites (tertiary alicyclic amines) is 1. The Kier molecular flexibility index (Phi) is 5.29. The van der Waals surface area contributed by atoms with E-state index in [4.69, 9.17) is 0 Å². The van der Waals surface area contributed by atoms with Gasteiger partial charge in [0.25, 0.3) is 0 Å². The second kappa shape index (κ2) is 7.02. The summed E-state index contributed by atoms with van der Waals surface area (Å²) in [5.74, 6) is -1.08. The van der Waals surface area contributed by atoms with Crippen molar-refractivity contribution in [2.75, 3.05) is 13.1 Å². The molecule has 1 aliphatic rings. The van der Waals surface area contributed by atoms with Crippen molar-refractivity contribution in [1.82, 2.24) is 10.2 Å². The van der Waals surface area contributed by atoms with Crippen molar-refractivity contribution in [2.45, 2.75) is 40.7 Å². The van der Waals surface area contributed by atoms with Crippen LogP contribution in [0.15, 0.2) is 12.1 Å². The van der Waals surface area contributed by atoms with Crippen LogP contribution < -0.4 is 5.32 Å². The second-order valence-electron chi connectivity index (χ2n) is 6.82. The molecular weight excluding hydrogens is 292 g/mol. The number of hydrogen-bond donors (Lipinski definition) is 2. The first kappa shape index (κ1) is 17.3. The van der Waals surface area contributed by atoms with E-state index in [1.54, 1.807) is 4.90 Å². The number of nitrogens with one attached hydrogen (secondary N) is 1. The summed E-state index contributed by atoms with van der Waals surface area (Å²) in [4.78, 5) is 25.2. The number of rotatable bonds is 3. The molecule has 2 atom stereocenters. The molecule has 0 aliphatic carbocycles. The third-order valence-electron chi connectivity index (χ3n) is 4.55.